The summed E-state index contributed by atoms with van der Waals surface area (Å²) >= 11 is 0. The molecule has 4 atom stereocenters. The van der Waals surface area contributed by atoms with Crippen molar-refractivity contribution in [3.05, 3.63) is 12.2 Å². The summed E-state index contributed by atoms with van der Waals surface area (Å²) in [4.78, 5) is 52.5. The molecule has 4 amide bonds. The number of hydrogen-bond donors (Lipinski definition) is 4. The first kappa shape index (κ1) is 26.9. The molecule has 2 heterocycles. The minimum Gasteiger partial charge on any atom is -0.436 e. The van der Waals surface area contributed by atoms with Crippen molar-refractivity contribution in [2.24, 2.45) is 11.7 Å². The van der Waals surface area contributed by atoms with Crippen molar-refractivity contribution in [2.75, 3.05) is 6.54 Å². The largest absolute Gasteiger partial charge is 0.436 e. The molecule has 5 N–H and O–H groups in total. The molecule has 0 spiro atoms. The minimum absolute atomic E-state index is 0.189. The van der Waals surface area contributed by atoms with Gasteiger partial charge in [-0.25, -0.2) is 9.52 Å². The van der Waals surface area contributed by atoms with Crippen LogP contribution in [-0.2, 0) is 29.3 Å². The Morgan fingerprint density at radius 2 is 1.95 bits per heavy atom. The summed E-state index contributed by atoms with van der Waals surface area (Å²) in [6.07, 6.45) is 6.37. The van der Waals surface area contributed by atoms with Crippen molar-refractivity contribution in [1.29, 1.82) is 5.26 Å². The second kappa shape index (κ2) is 10.3. The van der Waals surface area contributed by atoms with Gasteiger partial charge in [0.2, 0.25) is 5.91 Å². The summed E-state index contributed by atoms with van der Waals surface area (Å²) in [6, 6.07) is 0.989. The first-order chi connectivity index (χ1) is 17.5. The highest BCUT2D eigenvalue weighted by molar-refractivity contribution is 7.88. The summed E-state index contributed by atoms with van der Waals surface area (Å²) in [5.41, 5.74) is 2.45. The Kier molecular flexibility index (Phi) is 7.48. The van der Waals surface area contributed by atoms with Gasteiger partial charge in [0.05, 0.1) is 6.07 Å². The van der Waals surface area contributed by atoms with E-state index in [1.807, 2.05) is 16.9 Å². The molecule has 2 saturated carbocycles. The van der Waals surface area contributed by atoms with Gasteiger partial charge in [0.15, 0.2) is 6.10 Å². The highest BCUT2D eigenvalue weighted by Gasteiger charge is 2.61. The Labute approximate surface area is 215 Å². The van der Waals surface area contributed by atoms with Gasteiger partial charge in [-0.2, -0.15) is 18.4 Å². The maximum absolute atomic E-state index is 13.4. The molecule has 0 aromatic rings. The third-order valence-electron chi connectivity index (χ3n) is 7.36. The molecule has 0 aromatic heterocycles. The van der Waals surface area contributed by atoms with Gasteiger partial charge in [0.25, 0.3) is 11.8 Å². The number of rotatable bonds is 5. The van der Waals surface area contributed by atoms with Crippen molar-refractivity contribution in [3.63, 3.8) is 0 Å². The molecule has 4 rings (SSSR count). The van der Waals surface area contributed by atoms with Crippen LogP contribution in [0.2, 0.25) is 0 Å². The van der Waals surface area contributed by atoms with E-state index in [0.29, 0.717) is 38.5 Å². The van der Waals surface area contributed by atoms with Crippen LogP contribution in [0.1, 0.15) is 64.2 Å². The van der Waals surface area contributed by atoms with E-state index in [9.17, 15) is 32.9 Å². The lowest BCUT2D eigenvalue weighted by Gasteiger charge is -2.29. The number of nitrogens with zero attached hydrogens (tertiary/aromatic N) is 2. The third-order valence-corrected chi connectivity index (χ3v) is 8.48. The van der Waals surface area contributed by atoms with E-state index >= 15 is 0 Å². The molecule has 4 aliphatic rings. The van der Waals surface area contributed by atoms with Crippen LogP contribution < -0.4 is 20.5 Å². The number of nitrogens with one attached hydrogen (secondary N) is 3. The standard InChI is InChI=1S/C23H32N6O7S/c24-14-22(10-11-22)28-37(34,35)27-20(32)23-13-15(23)7-4-2-1-3-5-9-17(36-21(25)33)19(31)29-12-6-8-16(29)18(30)26-23/h4,7,15-17,28H,1-3,5-6,8-13H2,(H2,25,33)(H,26,30)(H,27,32). The second-order valence-electron chi connectivity index (χ2n) is 10.2. The SMILES string of the molecule is N#CC1(NS(=O)(=O)NC(=O)C23CC2C=CCCCCCC(OC(N)=O)C(=O)N2CCCC2C(=O)N3)CC1. The molecule has 13 nitrogen and oxygen atoms in total. The minimum atomic E-state index is -4.35. The predicted molar refractivity (Wildman–Crippen MR) is 128 cm³/mol. The van der Waals surface area contributed by atoms with Crippen molar-refractivity contribution in [2.45, 2.75) is 87.4 Å². The zero-order chi connectivity index (χ0) is 26.8. The molecule has 37 heavy (non-hydrogen) atoms. The van der Waals surface area contributed by atoms with Crippen molar-refractivity contribution in [3.8, 4) is 6.07 Å². The molecule has 3 fully saturated rings. The Morgan fingerprint density at radius 1 is 1.19 bits per heavy atom. The smallest absolute Gasteiger partial charge is 0.405 e. The van der Waals surface area contributed by atoms with Crippen LogP contribution in [0.25, 0.3) is 0 Å². The number of primary amides is 1. The van der Waals surface area contributed by atoms with E-state index in [0.717, 1.165) is 12.8 Å². The Hall–Kier alpha value is -3.18. The second-order valence-corrected chi connectivity index (χ2v) is 11.6. The number of nitriles is 1. The number of allylic oxidation sites excluding steroid dienone is 1. The van der Waals surface area contributed by atoms with Gasteiger partial charge in [0.1, 0.15) is 17.1 Å². The fourth-order valence-electron chi connectivity index (χ4n) is 5.03. The lowest BCUT2D eigenvalue weighted by atomic mass is 10.1. The lowest BCUT2D eigenvalue weighted by Crippen LogP contribution is -2.58. The Bertz CT molecular complexity index is 1140. The molecule has 202 valence electrons. The predicted octanol–water partition coefficient (Wildman–Crippen LogP) is -0.157. The summed E-state index contributed by atoms with van der Waals surface area (Å²) in [6.45, 7) is 0.270. The molecule has 14 heteroatoms. The van der Waals surface area contributed by atoms with Crippen molar-refractivity contribution in [1.82, 2.24) is 19.7 Å². The normalized spacial score (nSPS) is 31.4. The third kappa shape index (κ3) is 6.04. The zero-order valence-electron chi connectivity index (χ0n) is 20.4. The van der Waals surface area contributed by atoms with Crippen molar-refractivity contribution < 1.29 is 32.3 Å². The molecular formula is C23H32N6O7S. The Balaban J connectivity index is 1.55. The van der Waals surface area contributed by atoms with E-state index in [-0.39, 0.29) is 19.4 Å². The van der Waals surface area contributed by atoms with Crippen LogP contribution in [0.3, 0.4) is 0 Å². The van der Waals surface area contributed by atoms with Gasteiger partial charge in [-0.15, -0.1) is 0 Å². The molecule has 0 radical (unpaired) electrons. The monoisotopic (exact) mass is 536 g/mol. The molecule has 0 bridgehead atoms. The number of nitrogens with two attached hydrogens (primary N) is 1. The number of carbonyl (C=O) groups excluding carboxylic acids is 4. The van der Waals surface area contributed by atoms with Gasteiger partial charge >= 0.3 is 16.3 Å². The van der Waals surface area contributed by atoms with Crippen LogP contribution in [-0.4, -0.2) is 66.9 Å². The van der Waals surface area contributed by atoms with Gasteiger partial charge in [0, 0.05) is 12.5 Å². The lowest BCUT2D eigenvalue weighted by molar-refractivity contribution is -0.146. The highest BCUT2D eigenvalue weighted by Crippen LogP contribution is 2.46. The molecular weight excluding hydrogens is 504 g/mol. The van der Waals surface area contributed by atoms with Crippen molar-refractivity contribution >= 4 is 34.0 Å². The average Bonchev–Trinajstić information content (AvgIpc) is 3.68. The van der Waals surface area contributed by atoms with Crippen LogP contribution >= 0.6 is 0 Å². The molecule has 2 aliphatic heterocycles. The summed E-state index contributed by atoms with van der Waals surface area (Å²) in [5, 5.41) is 11.9. The highest BCUT2D eigenvalue weighted by atomic mass is 32.2. The first-order valence-electron chi connectivity index (χ1n) is 12.5. The fourth-order valence-corrected chi connectivity index (χ4v) is 6.27. The van der Waals surface area contributed by atoms with E-state index in [1.54, 1.807) is 6.08 Å². The molecule has 0 aromatic carbocycles. The van der Waals surface area contributed by atoms with Gasteiger partial charge in [-0.3, -0.25) is 14.4 Å². The number of amides is 4. The summed E-state index contributed by atoms with van der Waals surface area (Å²) in [7, 11) is -4.35. The van der Waals surface area contributed by atoms with E-state index in [2.05, 4.69) is 10.0 Å². The van der Waals surface area contributed by atoms with Gasteiger partial charge in [-0.1, -0.05) is 18.6 Å². The topological polar surface area (TPSA) is 201 Å². The first-order valence-corrected chi connectivity index (χ1v) is 14.0. The summed E-state index contributed by atoms with van der Waals surface area (Å²) < 4.78 is 34.4. The van der Waals surface area contributed by atoms with Crippen LogP contribution in [0, 0.1) is 17.2 Å². The summed E-state index contributed by atoms with van der Waals surface area (Å²) in [5.74, 6) is -2.45. The number of hydrogen-bond acceptors (Lipinski definition) is 8. The van der Waals surface area contributed by atoms with E-state index in [4.69, 9.17) is 10.5 Å². The Morgan fingerprint density at radius 3 is 2.62 bits per heavy atom. The van der Waals surface area contributed by atoms with E-state index < -0.39 is 63.2 Å². The number of fused-ring (bicyclic) bond motifs is 2. The zero-order valence-corrected chi connectivity index (χ0v) is 21.2. The van der Waals surface area contributed by atoms with Crippen LogP contribution in [0.4, 0.5) is 4.79 Å². The van der Waals surface area contributed by atoms with Gasteiger partial charge < -0.3 is 20.7 Å². The maximum Gasteiger partial charge on any atom is 0.405 e. The fraction of sp³-hybridized carbons (Fsp3) is 0.696. The van der Waals surface area contributed by atoms with Gasteiger partial charge in [-0.05, 0) is 57.8 Å². The average molecular weight is 537 g/mol. The number of ether oxygens (including phenoxy) is 1. The quantitative estimate of drug-likeness (QED) is 0.347. The van der Waals surface area contributed by atoms with E-state index in [1.165, 1.54) is 4.90 Å². The molecule has 2 aliphatic carbocycles. The van der Waals surface area contributed by atoms with Crippen LogP contribution in [0.5, 0.6) is 0 Å². The van der Waals surface area contributed by atoms with Crippen LogP contribution in [0.15, 0.2) is 12.2 Å². The molecule has 4 unspecified atom stereocenters. The maximum atomic E-state index is 13.4. The number of carbonyl (C=O) groups is 4. The molecule has 1 saturated heterocycles.